The SMILES string of the molecule is CCN1C(=O)c2ccc(C(=O)NC3(C(=O)O)CCC(C)CC3)cc2S1(=O)=O. The fourth-order valence-corrected chi connectivity index (χ4v) is 5.27. The van der Waals surface area contributed by atoms with Crippen molar-refractivity contribution in [3.63, 3.8) is 0 Å². The molecule has 1 aliphatic heterocycles. The topological polar surface area (TPSA) is 121 Å². The molecule has 9 heteroatoms. The summed E-state index contributed by atoms with van der Waals surface area (Å²) in [5.74, 6) is -1.98. The molecule has 2 N–H and O–H groups in total. The van der Waals surface area contributed by atoms with Crippen molar-refractivity contribution < 1.29 is 27.9 Å². The van der Waals surface area contributed by atoms with Gasteiger partial charge in [-0.2, -0.15) is 0 Å². The molecule has 0 saturated heterocycles. The number of rotatable bonds is 4. The number of carboxylic acid groups (broad SMARTS) is 1. The van der Waals surface area contributed by atoms with Crippen molar-refractivity contribution >= 4 is 27.8 Å². The van der Waals surface area contributed by atoms with Gasteiger partial charge in [-0.05, 0) is 56.7 Å². The van der Waals surface area contributed by atoms with Crippen LogP contribution in [-0.2, 0) is 14.8 Å². The largest absolute Gasteiger partial charge is 0.480 e. The summed E-state index contributed by atoms with van der Waals surface area (Å²) in [6.07, 6.45) is 2.01. The van der Waals surface area contributed by atoms with Gasteiger partial charge in [0.15, 0.2) is 0 Å². The van der Waals surface area contributed by atoms with Crippen LogP contribution in [0.4, 0.5) is 0 Å². The maximum absolute atomic E-state index is 12.7. The second kappa shape index (κ2) is 6.63. The Labute approximate surface area is 157 Å². The highest BCUT2D eigenvalue weighted by molar-refractivity contribution is 7.90. The Kier molecular flexibility index (Phi) is 4.75. The van der Waals surface area contributed by atoms with E-state index in [1.165, 1.54) is 12.1 Å². The van der Waals surface area contributed by atoms with Crippen LogP contribution < -0.4 is 5.32 Å². The molecule has 2 amide bonds. The monoisotopic (exact) mass is 394 g/mol. The lowest BCUT2D eigenvalue weighted by Crippen LogP contribution is -2.56. The van der Waals surface area contributed by atoms with Gasteiger partial charge in [0, 0.05) is 12.1 Å². The normalized spacial score (nSPS) is 26.5. The average molecular weight is 394 g/mol. The van der Waals surface area contributed by atoms with Gasteiger partial charge in [-0.15, -0.1) is 0 Å². The third-order valence-electron chi connectivity index (χ3n) is 5.45. The number of benzene rings is 1. The first-order chi connectivity index (χ1) is 12.6. The number of carbonyl (C=O) groups excluding carboxylic acids is 2. The van der Waals surface area contributed by atoms with Gasteiger partial charge >= 0.3 is 5.97 Å². The third kappa shape index (κ3) is 3.09. The number of fused-ring (bicyclic) bond motifs is 1. The van der Waals surface area contributed by atoms with Gasteiger partial charge in [0.25, 0.3) is 21.8 Å². The van der Waals surface area contributed by atoms with Crippen molar-refractivity contribution in [1.82, 2.24) is 9.62 Å². The van der Waals surface area contributed by atoms with Crippen LogP contribution in [0.5, 0.6) is 0 Å². The first-order valence-electron chi connectivity index (χ1n) is 8.89. The van der Waals surface area contributed by atoms with Crippen molar-refractivity contribution in [2.45, 2.75) is 50.0 Å². The lowest BCUT2D eigenvalue weighted by Gasteiger charge is -2.36. The van der Waals surface area contributed by atoms with E-state index in [2.05, 4.69) is 5.32 Å². The third-order valence-corrected chi connectivity index (χ3v) is 7.34. The summed E-state index contributed by atoms with van der Waals surface area (Å²) in [6, 6.07) is 3.80. The molecule has 27 heavy (non-hydrogen) atoms. The van der Waals surface area contributed by atoms with Crippen LogP contribution in [0.25, 0.3) is 0 Å². The van der Waals surface area contributed by atoms with E-state index in [4.69, 9.17) is 0 Å². The molecule has 0 spiro atoms. The molecule has 0 radical (unpaired) electrons. The first kappa shape index (κ1) is 19.3. The predicted molar refractivity (Wildman–Crippen MR) is 95.8 cm³/mol. The Balaban J connectivity index is 1.91. The molecule has 0 aromatic heterocycles. The van der Waals surface area contributed by atoms with Gasteiger partial charge in [-0.3, -0.25) is 9.59 Å². The Hall–Kier alpha value is -2.42. The molecule has 3 rings (SSSR count). The second-order valence-corrected chi connectivity index (χ2v) is 9.04. The van der Waals surface area contributed by atoms with Crippen molar-refractivity contribution in [3.05, 3.63) is 29.3 Å². The second-order valence-electron chi connectivity index (χ2n) is 7.21. The van der Waals surface area contributed by atoms with E-state index < -0.39 is 33.3 Å². The summed E-state index contributed by atoms with van der Waals surface area (Å²) in [5, 5.41) is 12.2. The number of nitrogens with one attached hydrogen (secondary N) is 1. The molecule has 146 valence electrons. The predicted octanol–water partition coefficient (Wildman–Crippen LogP) is 1.61. The van der Waals surface area contributed by atoms with E-state index >= 15 is 0 Å². The van der Waals surface area contributed by atoms with Crippen LogP contribution in [0.1, 0.15) is 60.2 Å². The van der Waals surface area contributed by atoms with Gasteiger partial charge in [0.1, 0.15) is 10.4 Å². The zero-order valence-electron chi connectivity index (χ0n) is 15.2. The molecule has 1 saturated carbocycles. The number of hydrogen-bond acceptors (Lipinski definition) is 5. The summed E-state index contributed by atoms with van der Waals surface area (Å²) in [4.78, 5) is 36.4. The summed E-state index contributed by atoms with van der Waals surface area (Å²) < 4.78 is 25.7. The Morgan fingerprint density at radius 3 is 2.48 bits per heavy atom. The Bertz CT molecular complexity index is 916. The molecular formula is C18H22N2O6S. The van der Waals surface area contributed by atoms with E-state index in [-0.39, 0.29) is 22.6 Å². The zero-order valence-corrected chi connectivity index (χ0v) is 16.0. The van der Waals surface area contributed by atoms with Crippen molar-refractivity contribution in [2.24, 2.45) is 5.92 Å². The van der Waals surface area contributed by atoms with Crippen molar-refractivity contribution in [1.29, 1.82) is 0 Å². The number of sulfonamides is 1. The van der Waals surface area contributed by atoms with Crippen LogP contribution in [0.3, 0.4) is 0 Å². The Morgan fingerprint density at radius 1 is 1.30 bits per heavy atom. The van der Waals surface area contributed by atoms with Gasteiger partial charge in [-0.1, -0.05) is 6.92 Å². The maximum atomic E-state index is 12.7. The molecule has 1 aliphatic carbocycles. The number of carbonyl (C=O) groups is 3. The van der Waals surface area contributed by atoms with Crippen LogP contribution in [-0.4, -0.2) is 47.7 Å². The van der Waals surface area contributed by atoms with Crippen molar-refractivity contribution in [3.8, 4) is 0 Å². The molecule has 2 aliphatic rings. The molecule has 1 aromatic carbocycles. The average Bonchev–Trinajstić information content (AvgIpc) is 2.82. The quantitative estimate of drug-likeness (QED) is 0.800. The molecule has 0 unspecified atom stereocenters. The minimum atomic E-state index is -3.99. The summed E-state index contributed by atoms with van der Waals surface area (Å²) in [7, 11) is -3.99. The number of nitrogens with zero attached hydrogens (tertiary/aromatic N) is 1. The molecule has 0 bridgehead atoms. The molecular weight excluding hydrogens is 372 g/mol. The minimum absolute atomic E-state index is 0.00230. The summed E-state index contributed by atoms with van der Waals surface area (Å²) in [5.41, 5.74) is -1.32. The highest BCUT2D eigenvalue weighted by Crippen LogP contribution is 2.34. The molecule has 1 fully saturated rings. The molecule has 1 heterocycles. The van der Waals surface area contributed by atoms with E-state index in [9.17, 15) is 27.9 Å². The maximum Gasteiger partial charge on any atom is 0.329 e. The first-order valence-corrected chi connectivity index (χ1v) is 10.3. The smallest absolute Gasteiger partial charge is 0.329 e. The summed E-state index contributed by atoms with van der Waals surface area (Å²) >= 11 is 0. The van der Waals surface area contributed by atoms with Crippen LogP contribution in [0, 0.1) is 5.92 Å². The number of aliphatic carboxylic acids is 1. The minimum Gasteiger partial charge on any atom is -0.480 e. The van der Waals surface area contributed by atoms with Crippen LogP contribution in [0.15, 0.2) is 23.1 Å². The van der Waals surface area contributed by atoms with E-state index in [1.54, 1.807) is 6.92 Å². The Morgan fingerprint density at radius 2 is 1.93 bits per heavy atom. The van der Waals surface area contributed by atoms with E-state index in [0.717, 1.165) is 10.4 Å². The van der Waals surface area contributed by atoms with Gasteiger partial charge in [0.05, 0.1) is 5.56 Å². The van der Waals surface area contributed by atoms with E-state index in [0.29, 0.717) is 31.6 Å². The highest BCUT2D eigenvalue weighted by Gasteiger charge is 2.44. The highest BCUT2D eigenvalue weighted by atomic mass is 32.2. The number of carboxylic acids is 1. The number of hydrogen-bond donors (Lipinski definition) is 2. The van der Waals surface area contributed by atoms with Gasteiger partial charge in [-0.25, -0.2) is 17.5 Å². The van der Waals surface area contributed by atoms with Crippen LogP contribution >= 0.6 is 0 Å². The zero-order chi connectivity index (χ0) is 20.0. The molecule has 1 aromatic rings. The van der Waals surface area contributed by atoms with Gasteiger partial charge < -0.3 is 10.4 Å². The molecule has 8 nitrogen and oxygen atoms in total. The number of amides is 2. The summed E-state index contributed by atoms with van der Waals surface area (Å²) in [6.45, 7) is 3.59. The van der Waals surface area contributed by atoms with Crippen molar-refractivity contribution in [2.75, 3.05) is 6.54 Å². The molecule has 0 atom stereocenters. The fraction of sp³-hybridized carbons (Fsp3) is 0.500. The van der Waals surface area contributed by atoms with E-state index in [1.807, 2.05) is 6.92 Å². The lowest BCUT2D eigenvalue weighted by molar-refractivity contribution is -0.146. The van der Waals surface area contributed by atoms with Gasteiger partial charge in [0.2, 0.25) is 0 Å². The standard InChI is InChI=1S/C18H22N2O6S/c1-3-20-16(22)13-5-4-12(10-14(13)27(20,25)26)15(21)19-18(17(23)24)8-6-11(2)7-9-18/h4-5,10-11H,3,6-9H2,1-2H3,(H,19,21)(H,23,24). The lowest BCUT2D eigenvalue weighted by atomic mass is 9.77. The van der Waals surface area contributed by atoms with Crippen LogP contribution in [0.2, 0.25) is 0 Å². The fourth-order valence-electron chi connectivity index (χ4n) is 3.67.